The maximum absolute atomic E-state index is 14.4. The minimum atomic E-state index is -0.468. The van der Waals surface area contributed by atoms with Gasteiger partial charge in [-0.3, -0.25) is 9.59 Å². The quantitative estimate of drug-likeness (QED) is 0.131. The molecule has 4 aromatic carbocycles. The van der Waals surface area contributed by atoms with Crippen LogP contribution in [-0.2, 0) is 10.2 Å². The Balaban J connectivity index is 1.11. The van der Waals surface area contributed by atoms with Gasteiger partial charge in [-0.05, 0) is 98.3 Å². The lowest BCUT2D eigenvalue weighted by atomic mass is 9.71. The van der Waals surface area contributed by atoms with Gasteiger partial charge in [-0.1, -0.05) is 90.5 Å². The third kappa shape index (κ3) is 7.75. The summed E-state index contributed by atoms with van der Waals surface area (Å²) in [5, 5.41) is 7.32. The molecular formula is C39H40ClFN4O2. The fourth-order valence-electron chi connectivity index (χ4n) is 6.93. The minimum Gasteiger partial charge on any atom is -0.353 e. The van der Waals surface area contributed by atoms with E-state index in [1.54, 1.807) is 30.3 Å². The Hall–Kier alpha value is -4.46. The molecule has 1 aromatic heterocycles. The number of H-pyrrole nitrogens is 1. The molecule has 1 fully saturated rings. The van der Waals surface area contributed by atoms with Crippen LogP contribution in [-0.4, -0.2) is 54.4 Å². The Kier molecular flexibility index (Phi) is 10.3. The number of benzene rings is 4. The molecule has 2 amide bonds. The molecule has 0 bridgehead atoms. The molecule has 8 heteroatoms. The lowest BCUT2D eigenvalue weighted by Crippen LogP contribution is -2.45. The van der Waals surface area contributed by atoms with Gasteiger partial charge in [0.2, 0.25) is 5.91 Å². The molecule has 5 aromatic rings. The zero-order chi connectivity index (χ0) is 32.6. The van der Waals surface area contributed by atoms with Crippen LogP contribution in [0.4, 0.5) is 4.39 Å². The van der Waals surface area contributed by atoms with Crippen LogP contribution in [0.1, 0.15) is 58.8 Å². The molecule has 6 nitrogen and oxygen atoms in total. The van der Waals surface area contributed by atoms with E-state index in [4.69, 9.17) is 11.6 Å². The Bertz CT molecular complexity index is 1760. The summed E-state index contributed by atoms with van der Waals surface area (Å²) in [7, 11) is 0. The molecule has 3 N–H and O–H groups in total. The molecule has 1 saturated heterocycles. The van der Waals surface area contributed by atoms with Gasteiger partial charge in [0.1, 0.15) is 11.5 Å². The van der Waals surface area contributed by atoms with Gasteiger partial charge in [0, 0.05) is 27.9 Å². The molecule has 0 spiro atoms. The zero-order valence-electron chi connectivity index (χ0n) is 26.4. The first-order valence-electron chi connectivity index (χ1n) is 16.3. The number of hydrogen-bond acceptors (Lipinski definition) is 3. The number of hydrogen-bond donors (Lipinski definition) is 3. The van der Waals surface area contributed by atoms with Crippen LogP contribution in [0.2, 0.25) is 5.02 Å². The maximum atomic E-state index is 14.4. The first-order valence-corrected chi connectivity index (χ1v) is 16.7. The molecule has 2 heterocycles. The topological polar surface area (TPSA) is 77.2 Å². The Labute approximate surface area is 280 Å². The summed E-state index contributed by atoms with van der Waals surface area (Å²) in [5.74, 6) is -0.468. The average molecular weight is 651 g/mol. The number of amides is 2. The number of likely N-dealkylation sites (tertiary alicyclic amines) is 1. The van der Waals surface area contributed by atoms with E-state index in [2.05, 4.69) is 44.8 Å². The second kappa shape index (κ2) is 15.0. The summed E-state index contributed by atoms with van der Waals surface area (Å²) in [6, 6.07) is 34.9. The molecule has 47 heavy (non-hydrogen) atoms. The van der Waals surface area contributed by atoms with Crippen molar-refractivity contribution in [3.63, 3.8) is 0 Å². The first-order chi connectivity index (χ1) is 22.9. The van der Waals surface area contributed by atoms with E-state index in [9.17, 15) is 14.0 Å². The highest BCUT2D eigenvalue weighted by atomic mass is 35.5. The molecule has 0 atom stereocenters. The molecule has 0 aliphatic carbocycles. The van der Waals surface area contributed by atoms with Gasteiger partial charge in [0.05, 0.1) is 6.54 Å². The van der Waals surface area contributed by atoms with Crippen molar-refractivity contribution in [1.82, 2.24) is 20.5 Å². The molecule has 0 radical (unpaired) electrons. The van der Waals surface area contributed by atoms with Crippen LogP contribution in [0.5, 0.6) is 0 Å². The van der Waals surface area contributed by atoms with Crippen molar-refractivity contribution in [3.8, 4) is 0 Å². The van der Waals surface area contributed by atoms with E-state index < -0.39 is 5.41 Å². The number of aromatic nitrogens is 1. The minimum absolute atomic E-state index is 0.105. The lowest BCUT2D eigenvalue weighted by Gasteiger charge is -2.37. The molecule has 0 saturated carbocycles. The summed E-state index contributed by atoms with van der Waals surface area (Å²) in [6.45, 7) is 3.03. The summed E-state index contributed by atoms with van der Waals surface area (Å²) >= 11 is 6.09. The van der Waals surface area contributed by atoms with Crippen molar-refractivity contribution in [3.05, 3.63) is 142 Å². The third-order valence-corrected chi connectivity index (χ3v) is 9.72. The van der Waals surface area contributed by atoms with E-state index in [0.717, 1.165) is 72.9 Å². The number of piperidine rings is 1. The van der Waals surface area contributed by atoms with Gasteiger partial charge < -0.3 is 20.5 Å². The number of carbonyl (C=O) groups excluding carboxylic acids is 2. The second-order valence-corrected chi connectivity index (χ2v) is 12.9. The second-order valence-electron chi connectivity index (χ2n) is 12.4. The SMILES string of the molecule is O=C(CNC(=O)c1cc2cc(Cl)ccc2[nH]1)NCC(CCCN1CCC(c2ccccc2F)CC1)(c1ccccc1)c1ccccc1. The van der Waals surface area contributed by atoms with Crippen LogP contribution < -0.4 is 10.6 Å². The molecule has 1 aliphatic heterocycles. The number of carbonyl (C=O) groups is 2. The highest BCUT2D eigenvalue weighted by Gasteiger charge is 2.35. The first kappa shape index (κ1) is 32.5. The fourth-order valence-corrected chi connectivity index (χ4v) is 7.11. The Morgan fingerprint density at radius 1 is 0.851 bits per heavy atom. The standard InChI is InChI=1S/C39H40ClFN4O2/c40-32-16-17-35-29(24-32)25-36(44-35)38(47)42-26-37(46)43-27-39(30-10-3-1-4-11-30,31-12-5-2-6-13-31)20-9-21-45-22-18-28(19-23-45)33-14-7-8-15-34(33)41/h1-8,10-17,24-25,28,44H,9,18-23,26-27H2,(H,42,47)(H,43,46). The number of rotatable bonds is 12. The van der Waals surface area contributed by atoms with Gasteiger partial charge in [-0.2, -0.15) is 0 Å². The van der Waals surface area contributed by atoms with Crippen LogP contribution in [0.3, 0.4) is 0 Å². The smallest absolute Gasteiger partial charge is 0.268 e. The van der Waals surface area contributed by atoms with Gasteiger partial charge in [0.15, 0.2) is 0 Å². The van der Waals surface area contributed by atoms with Crippen molar-refractivity contribution >= 4 is 34.3 Å². The number of nitrogens with one attached hydrogen (secondary N) is 3. The molecule has 1 aliphatic rings. The van der Waals surface area contributed by atoms with Gasteiger partial charge in [0.25, 0.3) is 5.91 Å². The lowest BCUT2D eigenvalue weighted by molar-refractivity contribution is -0.120. The van der Waals surface area contributed by atoms with Gasteiger partial charge >= 0.3 is 0 Å². The van der Waals surface area contributed by atoms with E-state index in [0.29, 0.717) is 17.3 Å². The van der Waals surface area contributed by atoms with Gasteiger partial charge in [-0.25, -0.2) is 4.39 Å². The third-order valence-electron chi connectivity index (χ3n) is 9.49. The van der Waals surface area contributed by atoms with Crippen LogP contribution in [0.15, 0.2) is 109 Å². The highest BCUT2D eigenvalue weighted by molar-refractivity contribution is 6.31. The fraction of sp³-hybridized carbons (Fsp3) is 0.282. The number of aromatic amines is 1. The zero-order valence-corrected chi connectivity index (χ0v) is 27.1. The molecule has 242 valence electrons. The molecular weight excluding hydrogens is 611 g/mol. The predicted octanol–water partition coefficient (Wildman–Crippen LogP) is 7.45. The predicted molar refractivity (Wildman–Crippen MR) is 186 cm³/mol. The van der Waals surface area contributed by atoms with Crippen LogP contribution in [0, 0.1) is 5.82 Å². The Morgan fingerprint density at radius 2 is 1.51 bits per heavy atom. The van der Waals surface area contributed by atoms with E-state index >= 15 is 0 Å². The normalized spacial score (nSPS) is 14.3. The van der Waals surface area contributed by atoms with Crippen molar-refractivity contribution in [2.45, 2.75) is 37.0 Å². The summed E-state index contributed by atoms with van der Waals surface area (Å²) in [6.07, 6.45) is 3.62. The number of fused-ring (bicyclic) bond motifs is 1. The van der Waals surface area contributed by atoms with Gasteiger partial charge in [-0.15, -0.1) is 0 Å². The maximum Gasteiger partial charge on any atom is 0.268 e. The number of nitrogens with zero attached hydrogens (tertiary/aromatic N) is 1. The van der Waals surface area contributed by atoms with E-state index in [-0.39, 0.29) is 30.1 Å². The van der Waals surface area contributed by atoms with E-state index in [1.807, 2.05) is 54.6 Å². The van der Waals surface area contributed by atoms with Crippen molar-refractivity contribution < 1.29 is 14.0 Å². The highest BCUT2D eigenvalue weighted by Crippen LogP contribution is 2.37. The average Bonchev–Trinajstić information content (AvgIpc) is 3.53. The largest absolute Gasteiger partial charge is 0.353 e. The van der Waals surface area contributed by atoms with E-state index in [1.165, 1.54) is 0 Å². The number of halogens is 2. The monoisotopic (exact) mass is 650 g/mol. The van der Waals surface area contributed by atoms with Crippen molar-refractivity contribution in [2.24, 2.45) is 0 Å². The van der Waals surface area contributed by atoms with Crippen LogP contribution >= 0.6 is 11.6 Å². The molecule has 6 rings (SSSR count). The van der Waals surface area contributed by atoms with Crippen molar-refractivity contribution in [1.29, 1.82) is 0 Å². The van der Waals surface area contributed by atoms with Crippen molar-refractivity contribution in [2.75, 3.05) is 32.7 Å². The van der Waals surface area contributed by atoms with Crippen LogP contribution in [0.25, 0.3) is 10.9 Å². The summed E-state index contributed by atoms with van der Waals surface area (Å²) < 4.78 is 14.4. The Morgan fingerprint density at radius 3 is 2.19 bits per heavy atom. The summed E-state index contributed by atoms with van der Waals surface area (Å²) in [4.78, 5) is 31.6. The molecule has 0 unspecified atom stereocenters. The summed E-state index contributed by atoms with van der Waals surface area (Å²) in [5.41, 5.74) is 3.79.